The van der Waals surface area contributed by atoms with Crippen molar-refractivity contribution in [3.8, 4) is 0 Å². The minimum atomic E-state index is -0.226. The van der Waals surface area contributed by atoms with Crippen molar-refractivity contribution in [3.05, 3.63) is 35.4 Å². The van der Waals surface area contributed by atoms with Gasteiger partial charge in [0, 0.05) is 18.2 Å². The maximum absolute atomic E-state index is 12.2. The quantitative estimate of drug-likeness (QED) is 0.767. The highest BCUT2D eigenvalue weighted by Gasteiger charge is 2.32. The van der Waals surface area contributed by atoms with E-state index in [1.54, 1.807) is 24.3 Å². The fraction of sp³-hybridized carbons (Fsp3) is 0.467. The Bertz CT molecular complexity index is 480. The first-order chi connectivity index (χ1) is 9.13. The van der Waals surface area contributed by atoms with Gasteiger partial charge in [-0.2, -0.15) is 0 Å². The summed E-state index contributed by atoms with van der Waals surface area (Å²) in [5, 5.41) is 12.0. The number of carbonyl (C=O) groups is 2. The van der Waals surface area contributed by atoms with Gasteiger partial charge in [-0.1, -0.05) is 18.2 Å². The number of hydrogen-bond acceptors (Lipinski definition) is 3. The van der Waals surface area contributed by atoms with E-state index in [1.807, 2.05) is 0 Å². The molecular formula is C15H19NO3. The Kier molecular flexibility index (Phi) is 4.32. The lowest BCUT2D eigenvalue weighted by Crippen LogP contribution is -2.37. The number of aliphatic hydroxyl groups excluding tert-OH is 1. The molecule has 1 aliphatic rings. The van der Waals surface area contributed by atoms with E-state index in [4.69, 9.17) is 5.11 Å². The predicted octanol–water partition coefficient (Wildman–Crippen LogP) is 1.78. The van der Waals surface area contributed by atoms with Crippen molar-refractivity contribution >= 4 is 11.7 Å². The highest BCUT2D eigenvalue weighted by atomic mass is 16.3. The predicted molar refractivity (Wildman–Crippen MR) is 72.1 cm³/mol. The highest BCUT2D eigenvalue weighted by molar-refractivity contribution is 6.07. The van der Waals surface area contributed by atoms with Crippen molar-refractivity contribution < 1.29 is 14.7 Å². The third-order valence-electron chi connectivity index (χ3n) is 3.50. The van der Waals surface area contributed by atoms with Crippen LogP contribution in [0.2, 0.25) is 0 Å². The molecule has 0 spiro atoms. The molecule has 1 aliphatic carbocycles. The number of ketones is 1. The number of amides is 1. The molecule has 1 aromatic carbocycles. The third kappa shape index (κ3) is 3.41. The van der Waals surface area contributed by atoms with Gasteiger partial charge in [0.25, 0.3) is 5.91 Å². The van der Waals surface area contributed by atoms with E-state index in [9.17, 15) is 9.59 Å². The average Bonchev–Trinajstić information content (AvgIpc) is 3.22. The fourth-order valence-corrected chi connectivity index (χ4v) is 2.30. The van der Waals surface area contributed by atoms with Crippen LogP contribution in [0.5, 0.6) is 0 Å². The van der Waals surface area contributed by atoms with Crippen LogP contribution in [0, 0.1) is 5.92 Å². The normalized spacial score (nSPS) is 15.9. The lowest BCUT2D eigenvalue weighted by molar-refractivity contribution is 0.0913. The van der Waals surface area contributed by atoms with E-state index in [-0.39, 0.29) is 24.3 Å². The molecular weight excluding hydrogens is 242 g/mol. The maximum atomic E-state index is 12.2. The summed E-state index contributed by atoms with van der Waals surface area (Å²) in [6.45, 7) is 1.52. The molecule has 4 nitrogen and oxygen atoms in total. The number of aliphatic hydroxyl groups is 1. The Labute approximate surface area is 112 Å². The van der Waals surface area contributed by atoms with Crippen molar-refractivity contribution in [2.75, 3.05) is 6.61 Å². The summed E-state index contributed by atoms with van der Waals surface area (Å²) in [5.41, 5.74) is 0.858. The molecule has 1 amide bonds. The summed E-state index contributed by atoms with van der Waals surface area (Å²) in [7, 11) is 0. The molecule has 1 unspecified atom stereocenters. The Morgan fingerprint density at radius 2 is 1.95 bits per heavy atom. The van der Waals surface area contributed by atoms with Gasteiger partial charge in [0.2, 0.25) is 0 Å². The maximum Gasteiger partial charge on any atom is 0.252 e. The van der Waals surface area contributed by atoms with Crippen molar-refractivity contribution in [3.63, 3.8) is 0 Å². The van der Waals surface area contributed by atoms with Crippen molar-refractivity contribution in [1.29, 1.82) is 0 Å². The zero-order chi connectivity index (χ0) is 13.8. The highest BCUT2D eigenvalue weighted by Crippen LogP contribution is 2.34. The van der Waals surface area contributed by atoms with E-state index in [0.29, 0.717) is 23.5 Å². The Morgan fingerprint density at radius 3 is 2.47 bits per heavy atom. The van der Waals surface area contributed by atoms with Gasteiger partial charge in [-0.05, 0) is 38.2 Å². The first-order valence-electron chi connectivity index (χ1n) is 6.65. The summed E-state index contributed by atoms with van der Waals surface area (Å²) in [6, 6.07) is 6.83. The molecule has 0 radical (unpaired) electrons. The molecule has 1 fully saturated rings. The summed E-state index contributed by atoms with van der Waals surface area (Å²) < 4.78 is 0. The van der Waals surface area contributed by atoms with Crippen LogP contribution in [-0.2, 0) is 0 Å². The smallest absolute Gasteiger partial charge is 0.252 e. The topological polar surface area (TPSA) is 66.4 Å². The second kappa shape index (κ2) is 5.97. The van der Waals surface area contributed by atoms with Crippen LogP contribution in [0.25, 0.3) is 0 Å². The minimum absolute atomic E-state index is 0.0116. The van der Waals surface area contributed by atoms with Gasteiger partial charge < -0.3 is 10.4 Å². The third-order valence-corrected chi connectivity index (χ3v) is 3.50. The van der Waals surface area contributed by atoms with Gasteiger partial charge in [0.05, 0.1) is 5.56 Å². The molecule has 4 heteroatoms. The Balaban J connectivity index is 2.12. The molecule has 0 heterocycles. The molecule has 2 N–H and O–H groups in total. The lowest BCUT2D eigenvalue weighted by Gasteiger charge is -2.18. The fourth-order valence-electron chi connectivity index (χ4n) is 2.30. The van der Waals surface area contributed by atoms with Gasteiger partial charge in [-0.15, -0.1) is 0 Å². The van der Waals surface area contributed by atoms with E-state index >= 15 is 0 Å². The summed E-state index contributed by atoms with van der Waals surface area (Å²) in [6.07, 6.45) is 2.76. The van der Waals surface area contributed by atoms with Crippen LogP contribution in [0.15, 0.2) is 24.3 Å². The van der Waals surface area contributed by atoms with E-state index in [0.717, 1.165) is 12.8 Å². The summed E-state index contributed by atoms with van der Waals surface area (Å²) >= 11 is 0. The second-order valence-electron chi connectivity index (χ2n) is 5.03. The average molecular weight is 261 g/mol. The van der Waals surface area contributed by atoms with E-state index < -0.39 is 0 Å². The summed E-state index contributed by atoms with van der Waals surface area (Å²) in [4.78, 5) is 23.8. The van der Waals surface area contributed by atoms with Crippen LogP contribution in [-0.4, -0.2) is 29.4 Å². The number of benzene rings is 1. The minimum Gasteiger partial charge on any atom is -0.396 e. The van der Waals surface area contributed by atoms with Crippen LogP contribution >= 0.6 is 0 Å². The molecule has 0 saturated heterocycles. The second-order valence-corrected chi connectivity index (χ2v) is 5.03. The molecule has 102 valence electrons. The number of hydrogen-bond donors (Lipinski definition) is 2. The first-order valence-corrected chi connectivity index (χ1v) is 6.65. The van der Waals surface area contributed by atoms with Crippen molar-refractivity contribution in [1.82, 2.24) is 5.32 Å². The van der Waals surface area contributed by atoms with E-state index in [1.165, 1.54) is 6.92 Å². The lowest BCUT2D eigenvalue weighted by atomic mass is 10.0. The van der Waals surface area contributed by atoms with Gasteiger partial charge in [0.1, 0.15) is 0 Å². The molecule has 1 aromatic rings. The monoisotopic (exact) mass is 261 g/mol. The first kappa shape index (κ1) is 13.7. The number of Topliss-reactive ketones (excluding diaryl/α,β-unsaturated/α-hetero) is 1. The molecule has 2 rings (SSSR count). The van der Waals surface area contributed by atoms with Crippen LogP contribution < -0.4 is 5.32 Å². The summed E-state index contributed by atoms with van der Waals surface area (Å²) in [5.74, 6) is 0.132. The molecule has 19 heavy (non-hydrogen) atoms. The molecule has 0 bridgehead atoms. The molecule has 0 aliphatic heterocycles. The molecule has 0 aromatic heterocycles. The number of rotatable bonds is 6. The van der Waals surface area contributed by atoms with Crippen molar-refractivity contribution in [2.24, 2.45) is 5.92 Å². The molecule has 1 atom stereocenters. The van der Waals surface area contributed by atoms with Crippen LogP contribution in [0.1, 0.15) is 46.9 Å². The zero-order valence-electron chi connectivity index (χ0n) is 11.1. The largest absolute Gasteiger partial charge is 0.396 e. The standard InChI is InChI=1S/C15H19NO3/c1-10(18)12-4-2-3-5-13(12)15(19)16-14(8-9-17)11-6-7-11/h2-5,11,14,17H,6-9H2,1H3,(H,16,19). The van der Waals surface area contributed by atoms with Gasteiger partial charge in [-0.3, -0.25) is 9.59 Å². The van der Waals surface area contributed by atoms with Crippen molar-refractivity contribution in [2.45, 2.75) is 32.2 Å². The van der Waals surface area contributed by atoms with Gasteiger partial charge in [0.15, 0.2) is 5.78 Å². The van der Waals surface area contributed by atoms with Gasteiger partial charge in [-0.25, -0.2) is 0 Å². The number of carbonyl (C=O) groups excluding carboxylic acids is 2. The van der Waals surface area contributed by atoms with Gasteiger partial charge >= 0.3 is 0 Å². The number of nitrogens with one attached hydrogen (secondary N) is 1. The van der Waals surface area contributed by atoms with E-state index in [2.05, 4.69) is 5.32 Å². The zero-order valence-corrected chi connectivity index (χ0v) is 11.1. The molecule has 1 saturated carbocycles. The Morgan fingerprint density at radius 1 is 1.32 bits per heavy atom. The Hall–Kier alpha value is -1.68. The van der Waals surface area contributed by atoms with Crippen LogP contribution in [0.3, 0.4) is 0 Å². The van der Waals surface area contributed by atoms with Crippen LogP contribution in [0.4, 0.5) is 0 Å². The SMILES string of the molecule is CC(=O)c1ccccc1C(=O)NC(CCO)C1CC1.